The smallest absolute Gasteiger partial charge is 0.129 e. The Morgan fingerprint density at radius 2 is 2.28 bits per heavy atom. The summed E-state index contributed by atoms with van der Waals surface area (Å²) in [6.45, 7) is 4.01. The van der Waals surface area contributed by atoms with Crippen molar-refractivity contribution in [1.82, 2.24) is 0 Å². The average Bonchev–Trinajstić information content (AvgIpc) is 2.39. The van der Waals surface area contributed by atoms with Crippen LogP contribution in [0.4, 0.5) is 10.1 Å². The van der Waals surface area contributed by atoms with Crippen molar-refractivity contribution in [2.75, 3.05) is 25.1 Å². The molecule has 18 heavy (non-hydrogen) atoms. The number of nitrogens with zero attached hydrogens (tertiary/aromatic N) is 1. The molecule has 0 saturated carbocycles. The van der Waals surface area contributed by atoms with Gasteiger partial charge in [0.1, 0.15) is 5.82 Å². The van der Waals surface area contributed by atoms with Gasteiger partial charge >= 0.3 is 0 Å². The van der Waals surface area contributed by atoms with Crippen molar-refractivity contribution in [3.8, 4) is 0 Å². The Morgan fingerprint density at radius 1 is 1.50 bits per heavy atom. The maximum atomic E-state index is 13.8. The van der Waals surface area contributed by atoms with Crippen molar-refractivity contribution in [1.29, 1.82) is 0 Å². The first kappa shape index (κ1) is 13.8. The third-order valence-electron chi connectivity index (χ3n) is 3.76. The lowest BCUT2D eigenvalue weighted by atomic mass is 9.95. The molecule has 1 aliphatic rings. The molecule has 1 aliphatic heterocycles. The minimum absolute atomic E-state index is 0.142. The first-order valence-corrected chi connectivity index (χ1v) is 7.40. The molecule has 2 rings (SSSR count). The lowest BCUT2D eigenvalue weighted by Crippen LogP contribution is -2.44. The van der Waals surface area contributed by atoms with Crippen LogP contribution in [0.1, 0.15) is 18.9 Å². The second-order valence-electron chi connectivity index (χ2n) is 4.86. The van der Waals surface area contributed by atoms with Crippen LogP contribution in [0.15, 0.2) is 18.2 Å². The number of anilines is 1. The highest BCUT2D eigenvalue weighted by atomic mass is 79.9. The zero-order chi connectivity index (χ0) is 13.1. The zero-order valence-corrected chi connectivity index (χ0v) is 12.4. The molecule has 0 spiro atoms. The number of hydrogen-bond acceptors (Lipinski definition) is 2. The van der Waals surface area contributed by atoms with Gasteiger partial charge < -0.3 is 9.64 Å². The Bertz CT molecular complexity index is 413. The van der Waals surface area contributed by atoms with Gasteiger partial charge in [0, 0.05) is 36.8 Å². The molecule has 2 unspecified atom stereocenters. The van der Waals surface area contributed by atoms with E-state index in [4.69, 9.17) is 4.74 Å². The summed E-state index contributed by atoms with van der Waals surface area (Å²) < 4.78 is 19.3. The fourth-order valence-electron chi connectivity index (χ4n) is 2.54. The van der Waals surface area contributed by atoms with Gasteiger partial charge in [-0.1, -0.05) is 28.9 Å². The van der Waals surface area contributed by atoms with Crippen LogP contribution in [0.2, 0.25) is 0 Å². The predicted octanol–water partition coefficient (Wildman–Crippen LogP) is 3.58. The van der Waals surface area contributed by atoms with Gasteiger partial charge in [0.2, 0.25) is 0 Å². The third kappa shape index (κ3) is 2.69. The molecule has 0 amide bonds. The summed E-state index contributed by atoms with van der Waals surface area (Å²) in [6.07, 6.45) is 1.31. The molecule has 1 aromatic rings. The highest BCUT2D eigenvalue weighted by Gasteiger charge is 2.27. The highest BCUT2D eigenvalue weighted by molar-refractivity contribution is 9.08. The minimum atomic E-state index is -0.142. The fraction of sp³-hybridized carbons (Fsp3) is 0.571. The molecule has 2 nitrogen and oxygen atoms in total. The van der Waals surface area contributed by atoms with Gasteiger partial charge in [-0.25, -0.2) is 4.39 Å². The van der Waals surface area contributed by atoms with E-state index in [0.717, 1.165) is 30.8 Å². The third-order valence-corrected chi connectivity index (χ3v) is 4.32. The number of hydrogen-bond donors (Lipinski definition) is 0. The van der Waals surface area contributed by atoms with Crippen LogP contribution in [0.25, 0.3) is 0 Å². The van der Waals surface area contributed by atoms with Crippen LogP contribution in [0.5, 0.6) is 0 Å². The Balaban J connectivity index is 2.24. The van der Waals surface area contributed by atoms with Gasteiger partial charge in [-0.05, 0) is 24.5 Å². The molecule has 100 valence electrons. The summed E-state index contributed by atoms with van der Waals surface area (Å²) in [5, 5.41) is 0.540. The number of rotatable bonds is 3. The molecule has 1 fully saturated rings. The van der Waals surface area contributed by atoms with Crippen LogP contribution < -0.4 is 4.90 Å². The molecule has 0 bridgehead atoms. The second kappa shape index (κ2) is 6.02. The predicted molar refractivity (Wildman–Crippen MR) is 75.8 cm³/mol. The molecule has 4 heteroatoms. The summed E-state index contributed by atoms with van der Waals surface area (Å²) in [6, 6.07) is 5.28. The van der Waals surface area contributed by atoms with Crippen LogP contribution in [0.3, 0.4) is 0 Å². The summed E-state index contributed by atoms with van der Waals surface area (Å²) in [5.41, 5.74) is 1.72. The van der Waals surface area contributed by atoms with E-state index in [-0.39, 0.29) is 11.9 Å². The first-order valence-electron chi connectivity index (χ1n) is 6.28. The van der Waals surface area contributed by atoms with Crippen molar-refractivity contribution in [2.24, 2.45) is 5.92 Å². The van der Waals surface area contributed by atoms with Crippen molar-refractivity contribution < 1.29 is 9.13 Å². The average molecular weight is 316 g/mol. The molecule has 0 aliphatic carbocycles. The highest BCUT2D eigenvalue weighted by Crippen LogP contribution is 2.30. The van der Waals surface area contributed by atoms with E-state index in [2.05, 4.69) is 27.8 Å². The summed E-state index contributed by atoms with van der Waals surface area (Å²) in [4.78, 5) is 2.23. The monoisotopic (exact) mass is 315 g/mol. The van der Waals surface area contributed by atoms with E-state index in [1.54, 1.807) is 13.2 Å². The Kier molecular flexibility index (Phi) is 4.62. The topological polar surface area (TPSA) is 12.5 Å². The first-order chi connectivity index (χ1) is 8.67. The summed E-state index contributed by atoms with van der Waals surface area (Å²) >= 11 is 3.37. The number of piperidine rings is 1. The van der Waals surface area contributed by atoms with Gasteiger partial charge in [-0.2, -0.15) is 0 Å². The molecule has 2 atom stereocenters. The summed E-state index contributed by atoms with van der Waals surface area (Å²) in [5.74, 6) is 0.421. The normalized spacial score (nSPS) is 24.3. The Morgan fingerprint density at radius 3 is 2.94 bits per heavy atom. The van der Waals surface area contributed by atoms with Crippen molar-refractivity contribution in [3.05, 3.63) is 29.6 Å². The maximum Gasteiger partial charge on any atom is 0.129 e. The van der Waals surface area contributed by atoms with Crippen LogP contribution >= 0.6 is 15.9 Å². The number of alkyl halides is 1. The van der Waals surface area contributed by atoms with Gasteiger partial charge in [0.25, 0.3) is 0 Å². The largest absolute Gasteiger partial charge is 0.379 e. The van der Waals surface area contributed by atoms with Crippen molar-refractivity contribution in [3.63, 3.8) is 0 Å². The summed E-state index contributed by atoms with van der Waals surface area (Å²) in [7, 11) is 1.75. The van der Waals surface area contributed by atoms with E-state index < -0.39 is 0 Å². The van der Waals surface area contributed by atoms with E-state index in [0.29, 0.717) is 11.2 Å². The van der Waals surface area contributed by atoms with Gasteiger partial charge in [-0.15, -0.1) is 0 Å². The molecule has 1 heterocycles. The second-order valence-corrected chi connectivity index (χ2v) is 5.42. The van der Waals surface area contributed by atoms with Gasteiger partial charge in [0.05, 0.1) is 6.10 Å². The molecule has 1 saturated heterocycles. The number of halogens is 2. The van der Waals surface area contributed by atoms with E-state index >= 15 is 0 Å². The standard InChI is InChI=1S/C14H19BrFNO/c1-10-6-7-17(9-14(10)18-2)13-5-3-4-12(16)11(13)8-15/h3-5,10,14H,6-9H2,1-2H3. The van der Waals surface area contributed by atoms with Gasteiger partial charge in [0.15, 0.2) is 0 Å². The van der Waals surface area contributed by atoms with Crippen LogP contribution in [0, 0.1) is 11.7 Å². The van der Waals surface area contributed by atoms with E-state index in [9.17, 15) is 4.39 Å². The van der Waals surface area contributed by atoms with E-state index in [1.807, 2.05) is 6.07 Å². The van der Waals surface area contributed by atoms with Crippen LogP contribution in [-0.4, -0.2) is 26.3 Å². The zero-order valence-electron chi connectivity index (χ0n) is 10.8. The molecule has 0 aromatic heterocycles. The number of ether oxygens (including phenoxy) is 1. The lowest BCUT2D eigenvalue weighted by Gasteiger charge is -2.38. The molecule has 0 N–H and O–H groups in total. The fourth-order valence-corrected chi connectivity index (χ4v) is 3.09. The Labute approximate surface area is 116 Å². The SMILES string of the molecule is COC1CN(c2cccc(F)c2CBr)CCC1C. The minimum Gasteiger partial charge on any atom is -0.379 e. The molecule has 1 aromatic carbocycles. The van der Waals surface area contributed by atoms with Crippen molar-refractivity contribution >= 4 is 21.6 Å². The Hall–Kier alpha value is -0.610. The van der Waals surface area contributed by atoms with Crippen molar-refractivity contribution in [2.45, 2.75) is 24.8 Å². The molecular weight excluding hydrogens is 297 g/mol. The maximum absolute atomic E-state index is 13.8. The molecule has 0 radical (unpaired) electrons. The lowest BCUT2D eigenvalue weighted by molar-refractivity contribution is 0.0498. The quantitative estimate of drug-likeness (QED) is 0.790. The molecular formula is C14H19BrFNO. The van der Waals surface area contributed by atoms with Crippen LogP contribution in [-0.2, 0) is 10.1 Å². The van der Waals surface area contributed by atoms with Gasteiger partial charge in [-0.3, -0.25) is 0 Å². The van der Waals surface area contributed by atoms with E-state index in [1.165, 1.54) is 6.07 Å². The number of methoxy groups -OCH3 is 1. The number of benzene rings is 1.